The Morgan fingerprint density at radius 3 is 3.00 bits per heavy atom. The van der Waals surface area contributed by atoms with Crippen LogP contribution in [0.5, 0.6) is 0 Å². The molecule has 0 aliphatic rings. The number of tetrazole rings is 1. The van der Waals surface area contributed by atoms with Crippen molar-refractivity contribution in [2.24, 2.45) is 0 Å². The molecule has 2 rings (SSSR count). The van der Waals surface area contributed by atoms with Crippen LogP contribution in [-0.4, -0.2) is 25.2 Å². The molecule has 0 aliphatic carbocycles. The summed E-state index contributed by atoms with van der Waals surface area (Å²) < 4.78 is 1.39. The molecule has 8 nitrogen and oxygen atoms in total. The zero-order valence-corrected chi connectivity index (χ0v) is 10.1. The van der Waals surface area contributed by atoms with Crippen LogP contribution in [0.2, 0.25) is 0 Å². The number of aromatic nitrogens is 7. The molecule has 0 bridgehead atoms. The molecule has 0 amide bonds. The van der Waals surface area contributed by atoms with E-state index in [2.05, 4.69) is 30.7 Å². The van der Waals surface area contributed by atoms with Gasteiger partial charge in [-0.2, -0.15) is 9.78 Å². The van der Waals surface area contributed by atoms with Gasteiger partial charge in [-0.1, -0.05) is 0 Å². The van der Waals surface area contributed by atoms with Gasteiger partial charge < -0.3 is 5.11 Å². The van der Waals surface area contributed by atoms with E-state index >= 15 is 0 Å². The van der Waals surface area contributed by atoms with Crippen LogP contribution in [0.25, 0.3) is 11.6 Å². The van der Waals surface area contributed by atoms with Crippen molar-refractivity contribution in [3.8, 4) is 11.6 Å². The number of aliphatic hydroxyl groups is 1. The second-order valence-electron chi connectivity index (χ2n) is 2.07. The topological polar surface area (TPSA) is 106 Å². The minimum atomic E-state index is -0.158. The summed E-state index contributed by atoms with van der Waals surface area (Å²) in [6, 6.07) is 0. The van der Waals surface area contributed by atoms with E-state index in [4.69, 9.17) is 5.11 Å². The Balaban J connectivity index is 0.000000845. The third kappa shape index (κ3) is 2.39. The minimum Gasteiger partial charge on any atom is -0.372 e. The molecule has 2 heterocycles. The van der Waals surface area contributed by atoms with Gasteiger partial charge in [0.2, 0.25) is 6.33 Å². The normalized spacial score (nSPS) is 9.62. The molecule has 2 aromatic rings. The molecule has 0 radical (unpaired) electrons. The Hall–Kier alpha value is -0.194. The zero-order chi connectivity index (χ0) is 8.39. The van der Waals surface area contributed by atoms with E-state index in [1.807, 2.05) is 0 Å². The third-order valence-electron chi connectivity index (χ3n) is 1.30. The van der Waals surface area contributed by atoms with E-state index in [9.17, 15) is 0 Å². The number of hydrogen-bond acceptors (Lipinski definition) is 4. The van der Waals surface area contributed by atoms with E-state index in [1.54, 1.807) is 0 Å². The summed E-state index contributed by atoms with van der Waals surface area (Å²) in [6.07, 6.45) is 1.44. The smallest absolute Gasteiger partial charge is 0.372 e. The van der Waals surface area contributed by atoms with Crippen molar-refractivity contribution in [2.45, 2.75) is 6.73 Å². The molecule has 62 valence electrons. The molecular weight excluding hydrogens is 201 g/mol. The molecule has 3 N–H and O–H groups in total. The van der Waals surface area contributed by atoms with Gasteiger partial charge in [-0.25, -0.2) is 5.10 Å². The van der Waals surface area contributed by atoms with Crippen molar-refractivity contribution in [3.05, 3.63) is 6.33 Å². The summed E-state index contributed by atoms with van der Waals surface area (Å²) in [5.74, 6) is 0.913. The molecule has 0 atom stereocenters. The van der Waals surface area contributed by atoms with Gasteiger partial charge in [0.1, 0.15) is 0 Å². The average molecular weight is 207 g/mol. The van der Waals surface area contributed by atoms with Crippen molar-refractivity contribution < 1.29 is 66.7 Å². The first kappa shape index (κ1) is 10.9. The van der Waals surface area contributed by atoms with Crippen molar-refractivity contribution in [3.63, 3.8) is 0 Å². The van der Waals surface area contributed by atoms with Gasteiger partial charge in [0, 0.05) is 0 Å². The van der Waals surface area contributed by atoms with E-state index < -0.39 is 0 Å². The number of hydrogen-bond donors (Lipinski definition) is 1. The summed E-state index contributed by atoms with van der Waals surface area (Å²) in [6.45, 7) is -0.158. The maximum Gasteiger partial charge on any atom is 1.00 e. The molecule has 0 saturated heterocycles. The summed E-state index contributed by atoms with van der Waals surface area (Å²) in [4.78, 5) is 3.90. The number of nitrogens with one attached hydrogen (secondary N) is 2. The Morgan fingerprint density at radius 2 is 2.46 bits per heavy atom. The van der Waals surface area contributed by atoms with Gasteiger partial charge in [0.05, 0.1) is 0 Å². The number of nitrogens with zero attached hydrogens (tertiary/aromatic N) is 5. The number of H-pyrrole nitrogens is 2. The van der Waals surface area contributed by atoms with Gasteiger partial charge in [0.15, 0.2) is 6.73 Å². The summed E-state index contributed by atoms with van der Waals surface area (Å²) in [7, 11) is 0. The summed E-state index contributed by atoms with van der Waals surface area (Å²) in [5, 5.41) is 24.3. The maximum atomic E-state index is 8.68. The van der Waals surface area contributed by atoms with E-state index in [1.165, 1.54) is 11.0 Å². The molecular formula is C4H6KN7O+2. The zero-order valence-electron chi connectivity index (χ0n) is 6.97. The van der Waals surface area contributed by atoms with Crippen LogP contribution >= 0.6 is 0 Å². The molecule has 0 aromatic carbocycles. The average Bonchev–Trinajstić information content (AvgIpc) is 2.75. The van der Waals surface area contributed by atoms with Crippen LogP contribution in [0.1, 0.15) is 0 Å². The molecule has 0 saturated carbocycles. The van der Waals surface area contributed by atoms with Crippen LogP contribution < -0.4 is 66.7 Å². The molecule has 9 heteroatoms. The fourth-order valence-electron chi connectivity index (χ4n) is 0.767. The van der Waals surface area contributed by atoms with E-state index in [0.29, 0.717) is 11.6 Å². The van der Waals surface area contributed by atoms with Crippen LogP contribution in [0.4, 0.5) is 0 Å². The predicted octanol–water partition coefficient (Wildman–Crippen LogP) is -6.12. The van der Waals surface area contributed by atoms with E-state index in [0.717, 1.165) is 0 Å². The molecule has 13 heavy (non-hydrogen) atoms. The first-order valence-electron chi connectivity index (χ1n) is 3.19. The van der Waals surface area contributed by atoms with Crippen LogP contribution in [0.15, 0.2) is 6.33 Å². The summed E-state index contributed by atoms with van der Waals surface area (Å²) >= 11 is 0. The first-order chi connectivity index (χ1) is 5.90. The molecule has 0 aliphatic heterocycles. The van der Waals surface area contributed by atoms with Crippen LogP contribution in [0.3, 0.4) is 0 Å². The quantitative estimate of drug-likeness (QED) is 0.493. The van der Waals surface area contributed by atoms with Crippen molar-refractivity contribution in [1.29, 1.82) is 0 Å². The van der Waals surface area contributed by atoms with Gasteiger partial charge in [-0.05, 0) is 15.4 Å². The van der Waals surface area contributed by atoms with Gasteiger partial charge in [-0.3, -0.25) is 0 Å². The number of aliphatic hydroxyl groups excluding tert-OH is 1. The SMILES string of the molecule is OCn1cnc(-c2[n-]nn[nH+]2)[nH+]1.[K+]. The van der Waals surface area contributed by atoms with Crippen molar-refractivity contribution >= 4 is 0 Å². The van der Waals surface area contributed by atoms with Crippen molar-refractivity contribution in [1.82, 2.24) is 25.2 Å². The van der Waals surface area contributed by atoms with E-state index in [-0.39, 0.29) is 58.1 Å². The Labute approximate surface area is 115 Å². The minimum absolute atomic E-state index is 0. The van der Waals surface area contributed by atoms with Crippen LogP contribution in [0, 0.1) is 0 Å². The molecule has 0 unspecified atom stereocenters. The number of aromatic amines is 2. The van der Waals surface area contributed by atoms with Gasteiger partial charge in [0.25, 0.3) is 5.82 Å². The Kier molecular flexibility index (Phi) is 4.09. The predicted molar refractivity (Wildman–Crippen MR) is 31.9 cm³/mol. The molecule has 0 spiro atoms. The standard InChI is InChI=1S/C4H4N7O.K/c12-2-11-1-5-3(8-11)4-6-9-10-7-4;/h1,12H,2H2;/q-1;+1/p+2. The second-order valence-corrected chi connectivity index (χ2v) is 2.07. The largest absolute Gasteiger partial charge is 1.00 e. The third-order valence-corrected chi connectivity index (χ3v) is 1.30. The van der Waals surface area contributed by atoms with Crippen LogP contribution in [-0.2, 0) is 6.73 Å². The monoisotopic (exact) mass is 207 g/mol. The fraction of sp³-hybridized carbons (Fsp3) is 0.250. The van der Waals surface area contributed by atoms with Gasteiger partial charge >= 0.3 is 57.2 Å². The van der Waals surface area contributed by atoms with Crippen molar-refractivity contribution in [2.75, 3.05) is 0 Å². The summed E-state index contributed by atoms with van der Waals surface area (Å²) in [5.41, 5.74) is 0. The van der Waals surface area contributed by atoms with Gasteiger partial charge in [-0.15, -0.1) is 5.10 Å². The Morgan fingerprint density at radius 1 is 1.62 bits per heavy atom. The number of rotatable bonds is 2. The second kappa shape index (κ2) is 4.88. The molecule has 0 fully saturated rings. The maximum absolute atomic E-state index is 8.68. The fourth-order valence-corrected chi connectivity index (χ4v) is 0.767. The first-order valence-corrected chi connectivity index (χ1v) is 3.19. The Bertz CT molecular complexity index is 356. The molecule has 2 aromatic heterocycles.